The first-order valence-corrected chi connectivity index (χ1v) is 11.0. The zero-order valence-corrected chi connectivity index (χ0v) is 18.1. The Labute approximate surface area is 187 Å². The molecule has 1 aromatic heterocycles. The van der Waals surface area contributed by atoms with Crippen molar-refractivity contribution in [2.75, 3.05) is 25.0 Å². The van der Waals surface area contributed by atoms with E-state index in [-0.39, 0.29) is 18.4 Å². The second-order valence-electron chi connectivity index (χ2n) is 7.92. The van der Waals surface area contributed by atoms with Crippen LogP contribution in [0, 0.1) is 5.92 Å². The second-order valence-corrected chi connectivity index (χ2v) is 8.35. The van der Waals surface area contributed by atoms with Gasteiger partial charge in [-0.05, 0) is 37.1 Å². The van der Waals surface area contributed by atoms with Crippen LogP contribution in [0.15, 0.2) is 60.7 Å². The summed E-state index contributed by atoms with van der Waals surface area (Å²) in [7, 11) is 0. The first-order chi connectivity index (χ1) is 15.1. The van der Waals surface area contributed by atoms with Gasteiger partial charge in [0.15, 0.2) is 0 Å². The molecule has 0 spiro atoms. The Morgan fingerprint density at radius 2 is 1.94 bits per heavy atom. The van der Waals surface area contributed by atoms with Crippen LogP contribution >= 0.6 is 11.6 Å². The van der Waals surface area contributed by atoms with E-state index in [1.165, 1.54) is 5.56 Å². The van der Waals surface area contributed by atoms with Gasteiger partial charge in [-0.15, -0.1) is 0 Å². The number of likely N-dealkylation sites (tertiary alicyclic amines) is 1. The van der Waals surface area contributed by atoms with E-state index in [4.69, 9.17) is 11.6 Å². The molecule has 1 atom stereocenters. The van der Waals surface area contributed by atoms with Gasteiger partial charge in [0.1, 0.15) is 5.82 Å². The molecule has 6 nitrogen and oxygen atoms in total. The van der Waals surface area contributed by atoms with Crippen molar-refractivity contribution in [3.05, 3.63) is 71.2 Å². The molecule has 31 heavy (non-hydrogen) atoms. The Bertz CT molecular complexity index is 1000. The summed E-state index contributed by atoms with van der Waals surface area (Å²) in [6, 6.07) is 19.6. The van der Waals surface area contributed by atoms with Crippen LogP contribution in [0.4, 0.5) is 5.82 Å². The predicted molar refractivity (Wildman–Crippen MR) is 123 cm³/mol. The highest BCUT2D eigenvalue weighted by molar-refractivity contribution is 6.30. The van der Waals surface area contributed by atoms with Crippen molar-refractivity contribution >= 4 is 23.3 Å². The van der Waals surface area contributed by atoms with E-state index >= 15 is 0 Å². The molecule has 0 aliphatic carbocycles. The molecule has 3 aromatic rings. The standard InChI is InChI=1S/C24H27ClN4O2/c25-21-10-8-19(9-11-21)22-15-23(29(27-22)13-14-30)26-24(31)20-7-4-12-28(17-20)16-18-5-2-1-3-6-18/h1-3,5-6,8-11,15,20,30H,4,7,12-14,16-17H2,(H,26,31). The fourth-order valence-corrected chi connectivity index (χ4v) is 4.15. The number of nitrogens with zero attached hydrogens (tertiary/aromatic N) is 3. The van der Waals surface area contributed by atoms with Crippen LogP contribution in [-0.4, -0.2) is 45.4 Å². The van der Waals surface area contributed by atoms with E-state index in [2.05, 4.69) is 27.4 Å². The molecule has 1 saturated heterocycles. The Hall–Kier alpha value is -2.67. The van der Waals surface area contributed by atoms with Gasteiger partial charge in [-0.1, -0.05) is 54.1 Å². The van der Waals surface area contributed by atoms with Crippen LogP contribution in [-0.2, 0) is 17.9 Å². The lowest BCUT2D eigenvalue weighted by atomic mass is 9.96. The minimum absolute atomic E-state index is 0.000456. The number of hydrogen-bond acceptors (Lipinski definition) is 4. The third-order valence-corrected chi connectivity index (χ3v) is 5.86. The van der Waals surface area contributed by atoms with E-state index in [0.29, 0.717) is 17.4 Å². The summed E-state index contributed by atoms with van der Waals surface area (Å²) < 4.78 is 1.65. The quantitative estimate of drug-likeness (QED) is 0.584. The number of amides is 1. The Morgan fingerprint density at radius 1 is 1.16 bits per heavy atom. The minimum atomic E-state index is -0.0751. The Morgan fingerprint density at radius 3 is 2.68 bits per heavy atom. The fourth-order valence-electron chi connectivity index (χ4n) is 4.03. The van der Waals surface area contributed by atoms with Gasteiger partial charge in [0.05, 0.1) is 24.8 Å². The van der Waals surface area contributed by atoms with E-state index in [0.717, 1.165) is 43.7 Å². The molecule has 4 rings (SSSR count). The number of piperidine rings is 1. The van der Waals surface area contributed by atoms with Crippen LogP contribution in [0.25, 0.3) is 11.3 Å². The summed E-state index contributed by atoms with van der Waals surface area (Å²) in [4.78, 5) is 15.4. The van der Waals surface area contributed by atoms with E-state index in [1.807, 2.05) is 48.5 Å². The molecule has 1 aliphatic heterocycles. The number of halogens is 1. The van der Waals surface area contributed by atoms with E-state index in [1.54, 1.807) is 4.68 Å². The summed E-state index contributed by atoms with van der Waals surface area (Å²) in [5.41, 5.74) is 2.90. The number of nitrogens with one attached hydrogen (secondary N) is 1. The number of rotatable bonds is 7. The molecule has 1 unspecified atom stereocenters. The molecule has 162 valence electrons. The average Bonchev–Trinajstić information content (AvgIpc) is 3.17. The Kier molecular flexibility index (Phi) is 7.02. The molecule has 0 bridgehead atoms. The van der Waals surface area contributed by atoms with Crippen LogP contribution in [0.1, 0.15) is 18.4 Å². The summed E-state index contributed by atoms with van der Waals surface area (Å²) in [6.45, 7) is 2.85. The maximum Gasteiger partial charge on any atom is 0.229 e. The van der Waals surface area contributed by atoms with Crippen molar-refractivity contribution in [1.29, 1.82) is 0 Å². The topological polar surface area (TPSA) is 70.4 Å². The number of aromatic nitrogens is 2. The first kappa shape index (κ1) is 21.6. The maximum atomic E-state index is 13.1. The molecule has 2 N–H and O–H groups in total. The Balaban J connectivity index is 1.45. The SMILES string of the molecule is O=C(Nc1cc(-c2ccc(Cl)cc2)nn1CCO)C1CCCN(Cc2ccccc2)C1. The third-order valence-electron chi connectivity index (χ3n) is 5.61. The molecule has 2 heterocycles. The van der Waals surface area contributed by atoms with Gasteiger partial charge in [-0.2, -0.15) is 5.10 Å². The predicted octanol–water partition coefficient (Wildman–Crippen LogP) is 4.05. The monoisotopic (exact) mass is 438 g/mol. The van der Waals surface area contributed by atoms with Gasteiger partial charge in [-0.3, -0.25) is 9.69 Å². The lowest BCUT2D eigenvalue weighted by molar-refractivity contribution is -0.121. The van der Waals surface area contributed by atoms with Crippen molar-refractivity contribution in [2.45, 2.75) is 25.9 Å². The van der Waals surface area contributed by atoms with Crippen molar-refractivity contribution in [2.24, 2.45) is 5.92 Å². The largest absolute Gasteiger partial charge is 0.394 e. The zero-order valence-electron chi connectivity index (χ0n) is 17.4. The van der Waals surface area contributed by atoms with Gasteiger partial charge in [0.2, 0.25) is 5.91 Å². The highest BCUT2D eigenvalue weighted by Crippen LogP contribution is 2.25. The average molecular weight is 439 g/mol. The first-order valence-electron chi connectivity index (χ1n) is 10.6. The summed E-state index contributed by atoms with van der Waals surface area (Å²) in [5.74, 6) is 0.526. The second kappa shape index (κ2) is 10.1. The van der Waals surface area contributed by atoms with Crippen molar-refractivity contribution in [1.82, 2.24) is 14.7 Å². The third kappa shape index (κ3) is 5.53. The number of aliphatic hydroxyl groups excluding tert-OH is 1. The van der Waals surface area contributed by atoms with Crippen molar-refractivity contribution in [3.63, 3.8) is 0 Å². The fraction of sp³-hybridized carbons (Fsp3) is 0.333. The summed E-state index contributed by atoms with van der Waals surface area (Å²) in [5, 5.41) is 17.7. The van der Waals surface area contributed by atoms with Crippen LogP contribution in [0.2, 0.25) is 5.02 Å². The van der Waals surface area contributed by atoms with Crippen molar-refractivity contribution in [3.8, 4) is 11.3 Å². The number of hydrogen-bond donors (Lipinski definition) is 2. The molecule has 1 amide bonds. The number of benzene rings is 2. The van der Waals surface area contributed by atoms with Gasteiger partial charge in [-0.25, -0.2) is 4.68 Å². The van der Waals surface area contributed by atoms with E-state index in [9.17, 15) is 9.90 Å². The smallest absolute Gasteiger partial charge is 0.229 e. The molecule has 0 saturated carbocycles. The number of carbonyl (C=O) groups excluding carboxylic acids is 1. The minimum Gasteiger partial charge on any atom is -0.394 e. The highest BCUT2D eigenvalue weighted by Gasteiger charge is 2.26. The molecule has 7 heteroatoms. The highest BCUT2D eigenvalue weighted by atomic mass is 35.5. The number of carbonyl (C=O) groups is 1. The van der Waals surface area contributed by atoms with Crippen LogP contribution in [0.3, 0.4) is 0 Å². The maximum absolute atomic E-state index is 13.1. The van der Waals surface area contributed by atoms with Gasteiger partial charge >= 0.3 is 0 Å². The lowest BCUT2D eigenvalue weighted by Crippen LogP contribution is -2.40. The lowest BCUT2D eigenvalue weighted by Gasteiger charge is -2.32. The zero-order chi connectivity index (χ0) is 21.6. The van der Waals surface area contributed by atoms with Crippen molar-refractivity contribution < 1.29 is 9.90 Å². The molecule has 1 fully saturated rings. The number of anilines is 1. The molecular formula is C24H27ClN4O2. The van der Waals surface area contributed by atoms with Gasteiger partial charge in [0, 0.05) is 29.7 Å². The van der Waals surface area contributed by atoms with E-state index < -0.39 is 0 Å². The van der Waals surface area contributed by atoms with Crippen LogP contribution < -0.4 is 5.32 Å². The molecule has 1 aliphatic rings. The molecule has 0 radical (unpaired) electrons. The summed E-state index contributed by atoms with van der Waals surface area (Å²) >= 11 is 5.98. The number of aliphatic hydroxyl groups is 1. The molecule has 2 aromatic carbocycles. The molecular weight excluding hydrogens is 412 g/mol. The van der Waals surface area contributed by atoms with Gasteiger partial charge in [0.25, 0.3) is 0 Å². The normalized spacial score (nSPS) is 16.9. The van der Waals surface area contributed by atoms with Gasteiger partial charge < -0.3 is 10.4 Å². The summed E-state index contributed by atoms with van der Waals surface area (Å²) in [6.07, 6.45) is 1.87. The van der Waals surface area contributed by atoms with Crippen LogP contribution in [0.5, 0.6) is 0 Å².